The second-order valence-corrected chi connectivity index (χ2v) is 11.7. The molecule has 0 atom stereocenters. The van der Waals surface area contributed by atoms with E-state index in [1.807, 2.05) is 48.7 Å². The molecule has 7 heteroatoms. The fourth-order valence-corrected chi connectivity index (χ4v) is 6.51. The summed E-state index contributed by atoms with van der Waals surface area (Å²) in [7, 11) is 0. The van der Waals surface area contributed by atoms with E-state index < -0.39 is 0 Å². The van der Waals surface area contributed by atoms with Gasteiger partial charge < -0.3 is 10.2 Å². The lowest BCUT2D eigenvalue weighted by Gasteiger charge is -2.32. The van der Waals surface area contributed by atoms with E-state index in [0.717, 1.165) is 91.2 Å². The number of hydrogen-bond acceptors (Lipinski definition) is 5. The third-order valence-electron chi connectivity index (χ3n) is 8.49. The fourth-order valence-electron chi connectivity index (χ4n) is 6.34. The van der Waals surface area contributed by atoms with Gasteiger partial charge in [-0.2, -0.15) is 0 Å². The van der Waals surface area contributed by atoms with Gasteiger partial charge in [0.1, 0.15) is 0 Å². The van der Waals surface area contributed by atoms with Gasteiger partial charge in [0.2, 0.25) is 0 Å². The second kappa shape index (κ2) is 12.5. The van der Waals surface area contributed by atoms with Gasteiger partial charge in [0.25, 0.3) is 11.8 Å². The Morgan fingerprint density at radius 1 is 0.780 bits per heavy atom. The van der Waals surface area contributed by atoms with E-state index in [0.29, 0.717) is 22.7 Å². The van der Waals surface area contributed by atoms with E-state index in [9.17, 15) is 9.59 Å². The number of imide groups is 1. The number of carbonyl (C=O) groups excluding carboxylic acids is 2. The number of anilines is 2. The highest BCUT2D eigenvalue weighted by Gasteiger charge is 2.33. The molecule has 2 aliphatic heterocycles. The van der Waals surface area contributed by atoms with Gasteiger partial charge in [-0.1, -0.05) is 49.4 Å². The van der Waals surface area contributed by atoms with Gasteiger partial charge in [-0.25, -0.2) is 0 Å². The monoisotopic (exact) mass is 568 g/mol. The maximum Gasteiger partial charge on any atom is 0.261 e. The summed E-state index contributed by atoms with van der Waals surface area (Å²) in [4.78, 5) is 35.1. The Bertz CT molecular complexity index is 1560. The zero-order chi connectivity index (χ0) is 28.2. The first-order valence-corrected chi connectivity index (χ1v) is 15.4. The van der Waals surface area contributed by atoms with Gasteiger partial charge in [-0.3, -0.25) is 19.5 Å². The van der Waals surface area contributed by atoms with E-state index in [4.69, 9.17) is 11.6 Å². The molecule has 3 aromatic carbocycles. The van der Waals surface area contributed by atoms with Crippen LogP contribution < -0.4 is 10.2 Å². The Morgan fingerprint density at radius 3 is 2.37 bits per heavy atom. The van der Waals surface area contributed by atoms with Crippen LogP contribution in [0.1, 0.15) is 78.5 Å². The SMILES string of the molecule is O=C1c2cccc3c(N4CCCCC4)ccc(c23)C(=O)N1CCCCCCCCNc1ccnc2cc(Cl)ccc12. The highest BCUT2D eigenvalue weighted by molar-refractivity contribution is 6.31. The molecule has 0 unspecified atom stereocenters. The van der Waals surface area contributed by atoms with E-state index >= 15 is 0 Å². The van der Waals surface area contributed by atoms with Crippen molar-refractivity contribution in [2.45, 2.75) is 57.8 Å². The highest BCUT2D eigenvalue weighted by Crippen LogP contribution is 2.37. The molecule has 2 aliphatic rings. The Hall–Kier alpha value is -3.64. The van der Waals surface area contributed by atoms with Crippen molar-refractivity contribution < 1.29 is 9.59 Å². The van der Waals surface area contributed by atoms with E-state index in [1.165, 1.54) is 24.2 Å². The topological polar surface area (TPSA) is 65.5 Å². The molecule has 1 fully saturated rings. The van der Waals surface area contributed by atoms with E-state index in [1.54, 1.807) is 0 Å². The molecule has 6 rings (SSSR count). The van der Waals surface area contributed by atoms with Crippen LogP contribution in [0.3, 0.4) is 0 Å². The second-order valence-electron chi connectivity index (χ2n) is 11.2. The van der Waals surface area contributed by atoms with Crippen LogP contribution in [0.25, 0.3) is 21.7 Å². The average Bonchev–Trinajstić information content (AvgIpc) is 3.00. The van der Waals surface area contributed by atoms with E-state index in [2.05, 4.69) is 27.3 Å². The number of aromatic nitrogens is 1. The summed E-state index contributed by atoms with van der Waals surface area (Å²) in [5, 5.41) is 7.17. The number of rotatable bonds is 11. The third kappa shape index (κ3) is 5.76. The maximum atomic E-state index is 13.4. The summed E-state index contributed by atoms with van der Waals surface area (Å²) in [5.41, 5.74) is 4.45. The number of unbranched alkanes of at least 4 members (excludes halogenated alkanes) is 5. The number of nitrogens with zero attached hydrogens (tertiary/aromatic N) is 3. The molecule has 0 saturated carbocycles. The van der Waals surface area contributed by atoms with Crippen LogP contribution in [0.4, 0.5) is 11.4 Å². The molecule has 1 saturated heterocycles. The largest absolute Gasteiger partial charge is 0.384 e. The number of hydrogen-bond donors (Lipinski definition) is 1. The van der Waals surface area contributed by atoms with Gasteiger partial charge in [0.15, 0.2) is 0 Å². The van der Waals surface area contributed by atoms with Crippen molar-refractivity contribution >= 4 is 56.5 Å². The lowest BCUT2D eigenvalue weighted by molar-refractivity contribution is 0.0607. The first-order chi connectivity index (χ1) is 20.1. The quantitative estimate of drug-likeness (QED) is 0.146. The fraction of sp³-hybridized carbons (Fsp3) is 0.382. The first kappa shape index (κ1) is 27.5. The maximum absolute atomic E-state index is 13.4. The number of pyridine rings is 1. The number of amides is 2. The molecule has 41 heavy (non-hydrogen) atoms. The number of nitrogens with one attached hydrogen (secondary N) is 1. The molecule has 0 aliphatic carbocycles. The minimum atomic E-state index is -0.152. The molecule has 4 aromatic rings. The minimum absolute atomic E-state index is 0.152. The molecule has 3 heterocycles. The van der Waals surface area contributed by atoms with Gasteiger partial charge in [0.05, 0.1) is 5.52 Å². The Kier molecular flexibility index (Phi) is 8.38. The summed E-state index contributed by atoms with van der Waals surface area (Å²) < 4.78 is 0. The van der Waals surface area contributed by atoms with Gasteiger partial charge in [0, 0.05) is 76.1 Å². The van der Waals surface area contributed by atoms with Crippen LogP contribution in [0, 0.1) is 0 Å². The van der Waals surface area contributed by atoms with Crippen LogP contribution in [-0.2, 0) is 0 Å². The Labute approximate surface area is 246 Å². The lowest BCUT2D eigenvalue weighted by atomic mass is 9.92. The van der Waals surface area contributed by atoms with Crippen LogP contribution >= 0.6 is 11.6 Å². The summed E-state index contributed by atoms with van der Waals surface area (Å²) in [5.74, 6) is -0.304. The van der Waals surface area contributed by atoms with Crippen molar-refractivity contribution in [1.29, 1.82) is 0 Å². The number of benzene rings is 3. The van der Waals surface area contributed by atoms with Crippen molar-refractivity contribution in [1.82, 2.24) is 9.88 Å². The molecular weight excluding hydrogens is 532 g/mol. The normalized spacial score (nSPS) is 15.2. The van der Waals surface area contributed by atoms with Gasteiger partial charge >= 0.3 is 0 Å². The van der Waals surface area contributed by atoms with Crippen LogP contribution in [-0.4, -0.2) is 47.9 Å². The summed E-state index contributed by atoms with van der Waals surface area (Å²) >= 11 is 6.10. The van der Waals surface area contributed by atoms with E-state index in [-0.39, 0.29) is 11.8 Å². The lowest BCUT2D eigenvalue weighted by Crippen LogP contribution is -2.41. The smallest absolute Gasteiger partial charge is 0.261 e. The summed E-state index contributed by atoms with van der Waals surface area (Å²) in [6, 6.07) is 17.7. The summed E-state index contributed by atoms with van der Waals surface area (Å²) in [6.45, 7) is 3.44. The average molecular weight is 569 g/mol. The molecule has 2 amide bonds. The van der Waals surface area contributed by atoms with Gasteiger partial charge in [-0.05, 0) is 74.6 Å². The molecule has 212 valence electrons. The van der Waals surface area contributed by atoms with Crippen molar-refractivity contribution in [2.24, 2.45) is 0 Å². The van der Waals surface area contributed by atoms with Gasteiger partial charge in [-0.15, -0.1) is 0 Å². The zero-order valence-corrected chi connectivity index (χ0v) is 24.3. The van der Waals surface area contributed by atoms with Crippen LogP contribution in [0.2, 0.25) is 5.02 Å². The van der Waals surface area contributed by atoms with Crippen LogP contribution in [0.5, 0.6) is 0 Å². The Morgan fingerprint density at radius 2 is 1.54 bits per heavy atom. The van der Waals surface area contributed by atoms with Crippen LogP contribution in [0.15, 0.2) is 60.8 Å². The predicted octanol–water partition coefficient (Wildman–Crippen LogP) is 8.08. The van der Waals surface area contributed by atoms with Crippen molar-refractivity contribution in [2.75, 3.05) is 36.4 Å². The summed E-state index contributed by atoms with van der Waals surface area (Å²) in [6.07, 6.45) is 11.7. The molecule has 0 spiro atoms. The minimum Gasteiger partial charge on any atom is -0.384 e. The molecule has 1 aromatic heterocycles. The molecular formula is C34H37ClN4O2. The number of carbonyl (C=O) groups is 2. The number of fused-ring (bicyclic) bond motifs is 1. The highest BCUT2D eigenvalue weighted by atomic mass is 35.5. The van der Waals surface area contributed by atoms with Crippen molar-refractivity contribution in [3.8, 4) is 0 Å². The first-order valence-electron chi connectivity index (χ1n) is 15.1. The number of piperidine rings is 1. The third-order valence-corrected chi connectivity index (χ3v) is 8.73. The Balaban J connectivity index is 0.973. The zero-order valence-electron chi connectivity index (χ0n) is 23.5. The number of halogens is 1. The predicted molar refractivity (Wildman–Crippen MR) is 168 cm³/mol. The molecule has 6 nitrogen and oxygen atoms in total. The molecule has 0 radical (unpaired) electrons. The van der Waals surface area contributed by atoms with Crippen molar-refractivity contribution in [3.05, 3.63) is 76.9 Å². The van der Waals surface area contributed by atoms with Crippen molar-refractivity contribution in [3.63, 3.8) is 0 Å². The molecule has 1 N–H and O–H groups in total. The standard InChI is InChI=1S/C34H37ClN4O2/c35-24-13-14-25-29(17-19-37-30(25)23-24)36-18-6-3-1-2-4-9-22-39-33(40)27-12-10-11-26-31(38-20-7-5-8-21-38)16-15-28(32(26)27)34(39)41/h10-17,19,23H,1-9,18,20-22H2,(H,36,37). The molecule has 0 bridgehead atoms.